The largest absolute Gasteiger partial charge is 0.338 e. The lowest BCUT2D eigenvalue weighted by Crippen LogP contribution is -2.43. The van der Waals surface area contributed by atoms with Gasteiger partial charge in [0.2, 0.25) is 0 Å². The number of likely N-dealkylation sites (tertiary alicyclic amines) is 1. The van der Waals surface area contributed by atoms with Gasteiger partial charge in [-0.25, -0.2) is 0 Å². The third-order valence-corrected chi connectivity index (χ3v) is 3.86. The molecule has 5 heteroatoms. The Labute approximate surface area is 112 Å². The van der Waals surface area contributed by atoms with Crippen molar-refractivity contribution in [3.8, 4) is 0 Å². The molecule has 0 spiro atoms. The van der Waals surface area contributed by atoms with E-state index in [4.69, 9.17) is 5.73 Å². The standard InChI is InChI=1S/C14H21N3O2/c1-9-3-4-12(13(18)16-9)14(19)17-7-5-11(6-8-17)10(2)15/h3-4,10-11H,5-8,15H2,1-2H3,(H,16,18). The van der Waals surface area contributed by atoms with Crippen molar-refractivity contribution in [1.82, 2.24) is 9.88 Å². The van der Waals surface area contributed by atoms with Gasteiger partial charge in [-0.3, -0.25) is 9.59 Å². The first kappa shape index (κ1) is 13.8. The number of carbonyl (C=O) groups excluding carboxylic acids is 1. The minimum Gasteiger partial charge on any atom is -0.338 e. The fourth-order valence-electron chi connectivity index (χ4n) is 2.54. The Kier molecular flexibility index (Phi) is 4.04. The highest BCUT2D eigenvalue weighted by Gasteiger charge is 2.26. The lowest BCUT2D eigenvalue weighted by atomic mass is 9.91. The Morgan fingerprint density at radius 3 is 2.58 bits per heavy atom. The minimum atomic E-state index is -0.306. The van der Waals surface area contributed by atoms with Gasteiger partial charge in [-0.1, -0.05) is 0 Å². The number of hydrogen-bond donors (Lipinski definition) is 2. The molecule has 0 aromatic carbocycles. The number of H-pyrrole nitrogens is 1. The van der Waals surface area contributed by atoms with Crippen molar-refractivity contribution in [2.24, 2.45) is 11.7 Å². The number of aryl methyl sites for hydroxylation is 1. The second kappa shape index (κ2) is 5.57. The lowest BCUT2D eigenvalue weighted by Gasteiger charge is -2.33. The summed E-state index contributed by atoms with van der Waals surface area (Å²) in [5.74, 6) is 0.296. The number of amides is 1. The van der Waals surface area contributed by atoms with Gasteiger partial charge in [-0.15, -0.1) is 0 Å². The maximum Gasteiger partial charge on any atom is 0.260 e. The third kappa shape index (κ3) is 3.04. The Hall–Kier alpha value is -1.62. The monoisotopic (exact) mass is 263 g/mol. The summed E-state index contributed by atoms with van der Waals surface area (Å²) in [6.07, 6.45) is 1.82. The molecule has 0 aliphatic carbocycles. The van der Waals surface area contributed by atoms with E-state index in [0.717, 1.165) is 18.5 Å². The molecule has 1 amide bonds. The molecule has 1 aromatic rings. The van der Waals surface area contributed by atoms with Gasteiger partial charge >= 0.3 is 0 Å². The lowest BCUT2D eigenvalue weighted by molar-refractivity contribution is 0.0679. The number of carbonyl (C=O) groups is 1. The second-order valence-electron chi connectivity index (χ2n) is 5.37. The fourth-order valence-corrected chi connectivity index (χ4v) is 2.54. The predicted molar refractivity (Wildman–Crippen MR) is 74.1 cm³/mol. The molecule has 1 aliphatic rings. The number of rotatable bonds is 2. The zero-order valence-corrected chi connectivity index (χ0v) is 11.5. The average molecular weight is 263 g/mol. The van der Waals surface area contributed by atoms with Gasteiger partial charge in [0.05, 0.1) is 0 Å². The van der Waals surface area contributed by atoms with Crippen LogP contribution in [0.5, 0.6) is 0 Å². The summed E-state index contributed by atoms with van der Waals surface area (Å²) in [5, 5.41) is 0. The normalized spacial score (nSPS) is 18.4. The van der Waals surface area contributed by atoms with E-state index in [9.17, 15) is 9.59 Å². The maximum atomic E-state index is 12.3. The molecular weight excluding hydrogens is 242 g/mol. The molecule has 19 heavy (non-hydrogen) atoms. The quantitative estimate of drug-likeness (QED) is 0.831. The summed E-state index contributed by atoms with van der Waals surface area (Å²) in [4.78, 5) is 28.5. The van der Waals surface area contributed by atoms with E-state index in [0.29, 0.717) is 19.0 Å². The van der Waals surface area contributed by atoms with Gasteiger partial charge in [0, 0.05) is 24.8 Å². The van der Waals surface area contributed by atoms with Crippen molar-refractivity contribution in [3.63, 3.8) is 0 Å². The average Bonchev–Trinajstić information content (AvgIpc) is 2.38. The molecular formula is C14H21N3O2. The Morgan fingerprint density at radius 2 is 2.05 bits per heavy atom. The summed E-state index contributed by atoms with van der Waals surface area (Å²) in [7, 11) is 0. The fraction of sp³-hybridized carbons (Fsp3) is 0.571. The Balaban J connectivity index is 2.07. The molecule has 1 atom stereocenters. The molecule has 1 saturated heterocycles. The van der Waals surface area contributed by atoms with Crippen LogP contribution >= 0.6 is 0 Å². The molecule has 104 valence electrons. The number of pyridine rings is 1. The van der Waals surface area contributed by atoms with E-state index in [2.05, 4.69) is 4.98 Å². The summed E-state index contributed by atoms with van der Waals surface area (Å²) >= 11 is 0. The van der Waals surface area contributed by atoms with E-state index < -0.39 is 0 Å². The van der Waals surface area contributed by atoms with Crippen LogP contribution in [-0.2, 0) is 0 Å². The molecule has 1 aliphatic heterocycles. The molecule has 1 fully saturated rings. The molecule has 5 nitrogen and oxygen atoms in total. The van der Waals surface area contributed by atoms with E-state index in [1.807, 2.05) is 6.92 Å². The summed E-state index contributed by atoms with van der Waals surface area (Å²) in [6, 6.07) is 3.53. The topological polar surface area (TPSA) is 79.2 Å². The third-order valence-electron chi connectivity index (χ3n) is 3.86. The highest BCUT2D eigenvalue weighted by Crippen LogP contribution is 2.20. The number of aromatic nitrogens is 1. The van der Waals surface area contributed by atoms with Crippen molar-refractivity contribution in [2.45, 2.75) is 32.7 Å². The van der Waals surface area contributed by atoms with Gasteiger partial charge in [-0.05, 0) is 44.7 Å². The SMILES string of the molecule is Cc1ccc(C(=O)N2CCC(C(C)N)CC2)c(=O)[nH]1. The first-order chi connectivity index (χ1) is 8.99. The van der Waals surface area contributed by atoms with Gasteiger partial charge in [0.15, 0.2) is 0 Å². The molecule has 0 bridgehead atoms. The first-order valence-electron chi connectivity index (χ1n) is 6.74. The van der Waals surface area contributed by atoms with Crippen molar-refractivity contribution >= 4 is 5.91 Å². The molecule has 2 rings (SSSR count). The van der Waals surface area contributed by atoms with Crippen LogP contribution in [0.4, 0.5) is 0 Å². The molecule has 3 N–H and O–H groups in total. The number of nitrogens with zero attached hydrogens (tertiary/aromatic N) is 1. The van der Waals surface area contributed by atoms with Crippen molar-refractivity contribution in [1.29, 1.82) is 0 Å². The molecule has 1 aromatic heterocycles. The van der Waals surface area contributed by atoms with Crippen molar-refractivity contribution < 1.29 is 4.79 Å². The van der Waals surface area contributed by atoms with E-state index >= 15 is 0 Å². The smallest absolute Gasteiger partial charge is 0.260 e. The van der Waals surface area contributed by atoms with Crippen molar-refractivity contribution in [2.75, 3.05) is 13.1 Å². The summed E-state index contributed by atoms with van der Waals surface area (Å²) in [6.45, 7) is 5.16. The Morgan fingerprint density at radius 1 is 1.42 bits per heavy atom. The van der Waals surface area contributed by atoms with Crippen LogP contribution in [0.25, 0.3) is 0 Å². The number of hydrogen-bond acceptors (Lipinski definition) is 3. The highest BCUT2D eigenvalue weighted by molar-refractivity contribution is 5.93. The number of piperidine rings is 1. The minimum absolute atomic E-state index is 0.167. The van der Waals surface area contributed by atoms with Crippen LogP contribution in [0.2, 0.25) is 0 Å². The second-order valence-corrected chi connectivity index (χ2v) is 5.37. The Bertz CT molecular complexity index is 514. The van der Waals surface area contributed by atoms with Crippen molar-refractivity contribution in [3.05, 3.63) is 33.7 Å². The molecule has 2 heterocycles. The van der Waals surface area contributed by atoms with Crippen LogP contribution in [0.3, 0.4) is 0 Å². The van der Waals surface area contributed by atoms with Crippen LogP contribution < -0.4 is 11.3 Å². The van der Waals surface area contributed by atoms with Gasteiger partial charge in [0.1, 0.15) is 5.56 Å². The predicted octanol–water partition coefficient (Wildman–Crippen LogP) is 0.883. The number of nitrogens with one attached hydrogen (secondary N) is 1. The van der Waals surface area contributed by atoms with Crippen LogP contribution in [-0.4, -0.2) is 34.9 Å². The van der Waals surface area contributed by atoms with Crippen LogP contribution in [0.15, 0.2) is 16.9 Å². The summed E-state index contributed by atoms with van der Waals surface area (Å²) in [5.41, 5.74) is 6.56. The number of nitrogens with two attached hydrogens (primary N) is 1. The van der Waals surface area contributed by atoms with E-state index in [1.54, 1.807) is 24.0 Å². The van der Waals surface area contributed by atoms with Crippen LogP contribution in [0, 0.1) is 12.8 Å². The molecule has 1 unspecified atom stereocenters. The van der Waals surface area contributed by atoms with Gasteiger partial charge in [0.25, 0.3) is 11.5 Å². The zero-order valence-electron chi connectivity index (χ0n) is 11.5. The molecule has 0 saturated carbocycles. The first-order valence-corrected chi connectivity index (χ1v) is 6.74. The van der Waals surface area contributed by atoms with Gasteiger partial charge < -0.3 is 15.6 Å². The van der Waals surface area contributed by atoms with Crippen LogP contribution in [0.1, 0.15) is 35.8 Å². The number of aromatic amines is 1. The maximum absolute atomic E-state index is 12.3. The summed E-state index contributed by atoms with van der Waals surface area (Å²) < 4.78 is 0. The van der Waals surface area contributed by atoms with Gasteiger partial charge in [-0.2, -0.15) is 0 Å². The highest BCUT2D eigenvalue weighted by atomic mass is 16.2. The van der Waals surface area contributed by atoms with E-state index in [-0.39, 0.29) is 23.1 Å². The van der Waals surface area contributed by atoms with E-state index in [1.165, 1.54) is 0 Å². The molecule has 0 radical (unpaired) electrons. The zero-order chi connectivity index (χ0) is 14.0.